The fraction of sp³-hybridized carbons (Fsp3) is 0.136. The van der Waals surface area contributed by atoms with Crippen LogP contribution in [0.25, 0.3) is 22.4 Å². The number of nitrogens with one attached hydrogen (secondary N) is 1. The number of hydrogen-bond donors (Lipinski definition) is 1. The first kappa shape index (κ1) is 19.8. The molecule has 1 N–H and O–H groups in total. The van der Waals surface area contributed by atoms with Gasteiger partial charge in [0.25, 0.3) is 11.6 Å². The number of nitrogens with zero attached hydrogens (tertiary/aromatic N) is 2. The number of pyridine rings is 1. The van der Waals surface area contributed by atoms with Gasteiger partial charge in [-0.25, -0.2) is 13.4 Å². The van der Waals surface area contributed by atoms with Crippen LogP contribution in [0.2, 0.25) is 0 Å². The van der Waals surface area contributed by atoms with Crippen molar-refractivity contribution < 1.29 is 17.7 Å². The summed E-state index contributed by atoms with van der Waals surface area (Å²) in [6.45, 7) is 3.73. The Morgan fingerprint density at radius 3 is 2.47 bits per heavy atom. The monoisotopic (exact) mass is 421 g/mol. The molecule has 2 heterocycles. The number of amides is 1. The highest BCUT2D eigenvalue weighted by atomic mass is 32.2. The molecule has 0 saturated carbocycles. The number of benzene rings is 2. The quantitative estimate of drug-likeness (QED) is 0.531. The maximum atomic E-state index is 13.1. The van der Waals surface area contributed by atoms with Crippen LogP contribution in [0.4, 0.5) is 5.69 Å². The first-order chi connectivity index (χ1) is 14.2. The number of sulfone groups is 1. The fourth-order valence-electron chi connectivity index (χ4n) is 3.15. The summed E-state index contributed by atoms with van der Waals surface area (Å²) in [5.41, 5.74) is 4.05. The van der Waals surface area contributed by atoms with Crippen molar-refractivity contribution in [2.45, 2.75) is 18.7 Å². The van der Waals surface area contributed by atoms with Gasteiger partial charge in [-0.05, 0) is 38.1 Å². The highest BCUT2D eigenvalue weighted by molar-refractivity contribution is 7.90. The third kappa shape index (κ3) is 3.81. The van der Waals surface area contributed by atoms with Crippen LogP contribution >= 0.6 is 0 Å². The molecule has 152 valence electrons. The van der Waals surface area contributed by atoms with Crippen LogP contribution < -0.4 is 5.32 Å². The molecule has 0 atom stereocenters. The topological polar surface area (TPSA) is 102 Å². The van der Waals surface area contributed by atoms with Gasteiger partial charge in [-0.1, -0.05) is 41.1 Å². The van der Waals surface area contributed by atoms with Gasteiger partial charge in [0.05, 0.1) is 27.2 Å². The van der Waals surface area contributed by atoms with Gasteiger partial charge in [0, 0.05) is 17.5 Å². The van der Waals surface area contributed by atoms with Crippen LogP contribution in [-0.4, -0.2) is 30.7 Å². The van der Waals surface area contributed by atoms with Gasteiger partial charge < -0.3 is 9.84 Å². The average molecular weight is 421 g/mol. The lowest BCUT2D eigenvalue weighted by molar-refractivity contribution is 0.102. The second-order valence-corrected chi connectivity index (χ2v) is 9.14. The molecule has 0 fully saturated rings. The summed E-state index contributed by atoms with van der Waals surface area (Å²) in [5.74, 6) is -0.410. The van der Waals surface area contributed by atoms with E-state index in [0.717, 1.165) is 17.4 Å². The molecule has 2 aromatic carbocycles. The summed E-state index contributed by atoms with van der Waals surface area (Å²) in [6, 6.07) is 15.6. The number of carbonyl (C=O) groups is 1. The van der Waals surface area contributed by atoms with E-state index in [1.165, 1.54) is 12.1 Å². The predicted molar refractivity (Wildman–Crippen MR) is 114 cm³/mol. The molecule has 0 aliphatic heterocycles. The third-order valence-electron chi connectivity index (χ3n) is 4.73. The molecule has 0 unspecified atom stereocenters. The van der Waals surface area contributed by atoms with E-state index in [4.69, 9.17) is 4.52 Å². The van der Waals surface area contributed by atoms with Gasteiger partial charge in [0.1, 0.15) is 0 Å². The Kier molecular flexibility index (Phi) is 4.87. The first-order valence-electron chi connectivity index (χ1n) is 9.18. The van der Waals surface area contributed by atoms with Crippen LogP contribution in [0.15, 0.2) is 64.0 Å². The minimum atomic E-state index is -3.39. The lowest BCUT2D eigenvalue weighted by atomic mass is 10.0. The highest BCUT2D eigenvalue weighted by Crippen LogP contribution is 2.28. The Hall–Kier alpha value is -3.52. The molecule has 0 aliphatic carbocycles. The number of carbonyl (C=O) groups excluding carboxylic acids is 1. The molecule has 7 nitrogen and oxygen atoms in total. The zero-order valence-electron chi connectivity index (χ0n) is 16.6. The molecule has 0 bridgehead atoms. The van der Waals surface area contributed by atoms with Crippen molar-refractivity contribution in [1.29, 1.82) is 0 Å². The number of rotatable bonds is 4. The number of hydrogen-bond acceptors (Lipinski definition) is 6. The lowest BCUT2D eigenvalue weighted by Crippen LogP contribution is -2.13. The third-order valence-corrected chi connectivity index (χ3v) is 5.84. The molecule has 4 aromatic rings. The van der Waals surface area contributed by atoms with Crippen molar-refractivity contribution >= 4 is 32.5 Å². The number of anilines is 1. The van der Waals surface area contributed by atoms with E-state index in [9.17, 15) is 13.2 Å². The van der Waals surface area contributed by atoms with E-state index in [-0.39, 0.29) is 10.6 Å². The molecule has 0 aliphatic rings. The Labute approximate surface area is 173 Å². The van der Waals surface area contributed by atoms with E-state index in [2.05, 4.69) is 15.5 Å². The Morgan fingerprint density at radius 1 is 1.03 bits per heavy atom. The van der Waals surface area contributed by atoms with Gasteiger partial charge in [-0.15, -0.1) is 0 Å². The Balaban J connectivity index is 1.78. The molecule has 8 heteroatoms. The van der Waals surface area contributed by atoms with Crippen molar-refractivity contribution in [1.82, 2.24) is 10.1 Å². The normalized spacial score (nSPS) is 11.6. The van der Waals surface area contributed by atoms with Crippen LogP contribution in [0, 0.1) is 13.8 Å². The van der Waals surface area contributed by atoms with E-state index in [0.29, 0.717) is 28.0 Å². The maximum Gasteiger partial charge on any atom is 0.259 e. The number of aromatic nitrogens is 2. The molecule has 1 amide bonds. The van der Waals surface area contributed by atoms with Gasteiger partial charge in [-0.2, -0.15) is 0 Å². The maximum absolute atomic E-state index is 13.1. The molecule has 0 saturated heterocycles. The molecule has 30 heavy (non-hydrogen) atoms. The Morgan fingerprint density at radius 2 is 1.77 bits per heavy atom. The highest BCUT2D eigenvalue weighted by Gasteiger charge is 2.20. The Bertz CT molecular complexity index is 1370. The average Bonchev–Trinajstić information content (AvgIpc) is 3.08. The zero-order chi connectivity index (χ0) is 21.5. The lowest BCUT2D eigenvalue weighted by Gasteiger charge is -2.09. The molecular formula is C22H19N3O4S. The van der Waals surface area contributed by atoms with E-state index >= 15 is 0 Å². The molecule has 0 radical (unpaired) electrons. The van der Waals surface area contributed by atoms with E-state index in [1.54, 1.807) is 25.1 Å². The van der Waals surface area contributed by atoms with Crippen molar-refractivity contribution in [3.05, 3.63) is 71.4 Å². The molecular weight excluding hydrogens is 402 g/mol. The zero-order valence-corrected chi connectivity index (χ0v) is 17.4. The summed E-state index contributed by atoms with van der Waals surface area (Å²) in [4.78, 5) is 17.7. The summed E-state index contributed by atoms with van der Waals surface area (Å²) in [5, 5.41) is 7.23. The molecule has 0 spiro atoms. The van der Waals surface area contributed by atoms with Crippen molar-refractivity contribution in [2.75, 3.05) is 11.6 Å². The van der Waals surface area contributed by atoms with Gasteiger partial charge in [-0.3, -0.25) is 4.79 Å². The number of fused-ring (bicyclic) bond motifs is 1. The van der Waals surface area contributed by atoms with Crippen molar-refractivity contribution in [3.8, 4) is 11.3 Å². The molecule has 2 aromatic heterocycles. The first-order valence-corrected chi connectivity index (χ1v) is 11.1. The van der Waals surface area contributed by atoms with Gasteiger partial charge in [0.2, 0.25) is 0 Å². The van der Waals surface area contributed by atoms with Crippen molar-refractivity contribution in [3.63, 3.8) is 0 Å². The van der Waals surface area contributed by atoms with Gasteiger partial charge >= 0.3 is 0 Å². The second kappa shape index (κ2) is 7.38. The smallest absolute Gasteiger partial charge is 0.259 e. The largest absolute Gasteiger partial charge is 0.335 e. The second-order valence-electron chi connectivity index (χ2n) is 7.12. The molecule has 4 rings (SSSR count). The van der Waals surface area contributed by atoms with Crippen LogP contribution in [-0.2, 0) is 9.84 Å². The SMILES string of the molecule is Cc1ccc(-c2cc(C(=O)Nc3cccc(S(C)(=O)=O)c3)c3c(C)noc3n2)cc1. The van der Waals surface area contributed by atoms with Crippen LogP contribution in [0.1, 0.15) is 21.6 Å². The standard InChI is InChI=1S/C22H19N3O4S/c1-13-7-9-15(10-8-13)19-12-18(20-14(2)25-29-22(20)24-19)21(26)23-16-5-4-6-17(11-16)30(3,27)28/h4-12H,1-3H3,(H,23,26). The van der Waals surface area contributed by atoms with Crippen LogP contribution in [0.5, 0.6) is 0 Å². The summed E-state index contributed by atoms with van der Waals surface area (Å²) < 4.78 is 28.9. The number of aryl methyl sites for hydroxylation is 2. The summed E-state index contributed by atoms with van der Waals surface area (Å²) in [6.07, 6.45) is 1.12. The fourth-order valence-corrected chi connectivity index (χ4v) is 3.82. The van der Waals surface area contributed by atoms with Crippen LogP contribution in [0.3, 0.4) is 0 Å². The van der Waals surface area contributed by atoms with E-state index < -0.39 is 15.7 Å². The summed E-state index contributed by atoms with van der Waals surface area (Å²) >= 11 is 0. The predicted octanol–water partition coefficient (Wildman–Crippen LogP) is 4.16. The van der Waals surface area contributed by atoms with Crippen molar-refractivity contribution in [2.24, 2.45) is 0 Å². The summed E-state index contributed by atoms with van der Waals surface area (Å²) in [7, 11) is -3.39. The minimum absolute atomic E-state index is 0.127. The van der Waals surface area contributed by atoms with Gasteiger partial charge in [0.15, 0.2) is 9.84 Å². The minimum Gasteiger partial charge on any atom is -0.335 e. The van der Waals surface area contributed by atoms with E-state index in [1.807, 2.05) is 31.2 Å².